The van der Waals surface area contributed by atoms with Gasteiger partial charge in [0.15, 0.2) is 23.0 Å². The summed E-state index contributed by atoms with van der Waals surface area (Å²) in [5.74, 6) is -0.0251. The quantitative estimate of drug-likeness (QED) is 0.164. The first kappa shape index (κ1) is 23.4. The molecule has 176 valence electrons. The molecule has 35 heavy (non-hydrogen) atoms. The highest BCUT2D eigenvalue weighted by atomic mass is 17.2. The molecule has 0 aliphatic carbocycles. The molecule has 4 aromatic carbocycles. The minimum absolute atomic E-state index is 0.0632. The van der Waals surface area contributed by atoms with Gasteiger partial charge in [0.2, 0.25) is 5.75 Å². The molecule has 0 N–H and O–H groups in total. The third-order valence-electron chi connectivity index (χ3n) is 4.85. The maximum atomic E-state index is 12.9. The maximum absolute atomic E-state index is 12.9. The Kier molecular flexibility index (Phi) is 7.60. The fourth-order valence-electron chi connectivity index (χ4n) is 3.19. The first-order valence-electron chi connectivity index (χ1n) is 10.9. The van der Waals surface area contributed by atoms with E-state index < -0.39 is 5.97 Å². The van der Waals surface area contributed by atoms with Gasteiger partial charge in [0.05, 0.1) is 12.2 Å². The molecule has 0 spiro atoms. The van der Waals surface area contributed by atoms with Crippen LogP contribution in [-0.4, -0.2) is 18.4 Å². The van der Waals surface area contributed by atoms with Crippen LogP contribution in [0.15, 0.2) is 103 Å². The fraction of sp³-hybridized carbons (Fsp3) is 0.0714. The second-order valence-corrected chi connectivity index (χ2v) is 7.19. The first-order chi connectivity index (χ1) is 17.2. The molecular weight excluding hydrogens is 448 g/mol. The van der Waals surface area contributed by atoms with E-state index in [4.69, 9.17) is 24.3 Å². The molecule has 4 aromatic rings. The van der Waals surface area contributed by atoms with E-state index in [-0.39, 0.29) is 28.4 Å². The molecule has 0 aliphatic rings. The molecule has 7 nitrogen and oxygen atoms in total. The lowest BCUT2D eigenvalue weighted by molar-refractivity contribution is -0.151. The van der Waals surface area contributed by atoms with Gasteiger partial charge in [-0.2, -0.15) is 0 Å². The zero-order chi connectivity index (χ0) is 24.5. The Bertz CT molecular complexity index is 1300. The zero-order valence-corrected chi connectivity index (χ0v) is 18.9. The minimum atomic E-state index is -0.829. The van der Waals surface area contributed by atoms with Crippen LogP contribution in [0.1, 0.15) is 33.2 Å². The molecule has 0 amide bonds. The van der Waals surface area contributed by atoms with Crippen LogP contribution >= 0.6 is 0 Å². The van der Waals surface area contributed by atoms with Crippen molar-refractivity contribution < 1.29 is 33.9 Å². The maximum Gasteiger partial charge on any atom is 0.390 e. The van der Waals surface area contributed by atoms with Crippen molar-refractivity contribution in [3.05, 3.63) is 120 Å². The van der Waals surface area contributed by atoms with E-state index in [0.29, 0.717) is 23.7 Å². The first-order valence-corrected chi connectivity index (χ1v) is 10.9. The summed E-state index contributed by atoms with van der Waals surface area (Å²) in [5.41, 5.74) is 0.804. The van der Waals surface area contributed by atoms with Crippen molar-refractivity contribution in [3.8, 4) is 23.0 Å². The lowest BCUT2D eigenvalue weighted by Gasteiger charge is -2.12. The van der Waals surface area contributed by atoms with Crippen LogP contribution in [-0.2, 0) is 4.89 Å². The van der Waals surface area contributed by atoms with E-state index in [9.17, 15) is 9.59 Å². The average molecular weight is 470 g/mol. The summed E-state index contributed by atoms with van der Waals surface area (Å²) in [5, 5.41) is 0. The standard InChI is InChI=1S/C28H22O7/c1-2-31-25-18-10-11-19-26(25)34-32-24-17-9-7-15-22(24)28(30)35-33-23-16-8-6-14-21(23)27(29)20-12-4-3-5-13-20/h3-19H,2H2,1H3. The van der Waals surface area contributed by atoms with Crippen molar-refractivity contribution in [1.29, 1.82) is 0 Å². The van der Waals surface area contributed by atoms with E-state index in [1.165, 1.54) is 6.07 Å². The summed E-state index contributed by atoms with van der Waals surface area (Å²) in [7, 11) is 0. The van der Waals surface area contributed by atoms with Gasteiger partial charge in [-0.15, -0.1) is 0 Å². The van der Waals surface area contributed by atoms with Crippen LogP contribution in [0.25, 0.3) is 0 Å². The fourth-order valence-corrected chi connectivity index (χ4v) is 3.19. The van der Waals surface area contributed by atoms with E-state index in [0.717, 1.165) is 0 Å². The highest BCUT2D eigenvalue weighted by Gasteiger charge is 2.20. The molecule has 0 saturated carbocycles. The summed E-state index contributed by atoms with van der Waals surface area (Å²) in [6, 6.07) is 28.6. The second kappa shape index (κ2) is 11.4. The van der Waals surface area contributed by atoms with Crippen molar-refractivity contribution in [1.82, 2.24) is 0 Å². The van der Waals surface area contributed by atoms with Gasteiger partial charge < -0.3 is 4.74 Å². The van der Waals surface area contributed by atoms with Crippen molar-refractivity contribution >= 4 is 11.8 Å². The number of benzene rings is 4. The van der Waals surface area contributed by atoms with Gasteiger partial charge in [-0.1, -0.05) is 66.7 Å². The average Bonchev–Trinajstić information content (AvgIpc) is 2.92. The molecular formula is C28H22O7. The van der Waals surface area contributed by atoms with Crippen molar-refractivity contribution in [2.75, 3.05) is 6.61 Å². The summed E-state index contributed by atoms with van der Waals surface area (Å²) in [4.78, 5) is 46.8. The van der Waals surface area contributed by atoms with Crippen LogP contribution in [0.4, 0.5) is 0 Å². The van der Waals surface area contributed by atoms with E-state index in [1.807, 2.05) is 13.0 Å². The predicted molar refractivity (Wildman–Crippen MR) is 128 cm³/mol. The third-order valence-corrected chi connectivity index (χ3v) is 4.85. The number of rotatable bonds is 10. The molecule has 0 unspecified atom stereocenters. The second-order valence-electron chi connectivity index (χ2n) is 7.19. The normalized spacial score (nSPS) is 10.2. The Morgan fingerprint density at radius 3 is 1.77 bits per heavy atom. The minimum Gasteiger partial charge on any atom is -0.490 e. The SMILES string of the molecule is CCOc1ccccc1OOc1ccccc1C(=O)OOc1ccccc1C(=O)c1ccccc1. The lowest BCUT2D eigenvalue weighted by atomic mass is 10.0. The van der Waals surface area contributed by atoms with Crippen LogP contribution in [0.5, 0.6) is 23.0 Å². The van der Waals surface area contributed by atoms with Gasteiger partial charge in [-0.3, -0.25) is 19.5 Å². The van der Waals surface area contributed by atoms with Gasteiger partial charge in [0, 0.05) is 5.56 Å². The number of carbonyl (C=O) groups is 2. The Morgan fingerprint density at radius 1 is 0.571 bits per heavy atom. The van der Waals surface area contributed by atoms with Crippen LogP contribution in [0, 0.1) is 0 Å². The monoisotopic (exact) mass is 470 g/mol. The number of para-hydroxylation sites is 4. The Labute approximate surface area is 202 Å². The summed E-state index contributed by atoms with van der Waals surface area (Å²) in [6.45, 7) is 2.31. The van der Waals surface area contributed by atoms with Crippen molar-refractivity contribution in [2.24, 2.45) is 0 Å². The summed E-state index contributed by atoms with van der Waals surface area (Å²) < 4.78 is 5.51. The van der Waals surface area contributed by atoms with E-state index in [1.54, 1.807) is 91.0 Å². The highest BCUT2D eigenvalue weighted by Crippen LogP contribution is 2.29. The van der Waals surface area contributed by atoms with Gasteiger partial charge in [0.25, 0.3) is 0 Å². The smallest absolute Gasteiger partial charge is 0.390 e. The molecule has 7 heteroatoms. The number of hydrogen-bond donors (Lipinski definition) is 0. The van der Waals surface area contributed by atoms with Crippen LogP contribution in [0.2, 0.25) is 0 Å². The number of hydrogen-bond acceptors (Lipinski definition) is 7. The summed E-state index contributed by atoms with van der Waals surface area (Å²) in [6.07, 6.45) is 0. The van der Waals surface area contributed by atoms with Gasteiger partial charge in [-0.25, -0.2) is 9.68 Å². The number of ether oxygens (including phenoxy) is 1. The molecule has 0 aromatic heterocycles. The van der Waals surface area contributed by atoms with Crippen molar-refractivity contribution in [3.63, 3.8) is 0 Å². The largest absolute Gasteiger partial charge is 0.490 e. The molecule has 0 aliphatic heterocycles. The predicted octanol–water partition coefficient (Wildman–Crippen LogP) is 5.84. The number of ketones is 1. The van der Waals surface area contributed by atoms with Gasteiger partial charge in [0.1, 0.15) is 5.56 Å². The Hall–Kier alpha value is -4.78. The molecule has 0 radical (unpaired) electrons. The molecule has 0 fully saturated rings. The molecule has 4 rings (SSSR count). The highest BCUT2D eigenvalue weighted by molar-refractivity contribution is 6.10. The van der Waals surface area contributed by atoms with Crippen LogP contribution < -0.4 is 19.4 Å². The van der Waals surface area contributed by atoms with E-state index >= 15 is 0 Å². The Morgan fingerprint density at radius 2 is 1.09 bits per heavy atom. The third kappa shape index (κ3) is 5.78. The Balaban J connectivity index is 1.46. The van der Waals surface area contributed by atoms with Crippen LogP contribution in [0.3, 0.4) is 0 Å². The molecule has 0 heterocycles. The van der Waals surface area contributed by atoms with Crippen molar-refractivity contribution in [2.45, 2.75) is 6.92 Å². The topological polar surface area (TPSA) is 80.3 Å². The zero-order valence-electron chi connectivity index (χ0n) is 18.9. The summed E-state index contributed by atoms with van der Waals surface area (Å²) >= 11 is 0. The van der Waals surface area contributed by atoms with Gasteiger partial charge in [-0.05, 0) is 43.3 Å². The molecule has 0 atom stereocenters. The van der Waals surface area contributed by atoms with E-state index in [2.05, 4.69) is 0 Å². The van der Waals surface area contributed by atoms with Gasteiger partial charge >= 0.3 is 5.97 Å². The molecule has 0 bridgehead atoms. The lowest BCUT2D eigenvalue weighted by Crippen LogP contribution is -2.13. The number of carbonyl (C=O) groups excluding carboxylic acids is 2. The molecule has 0 saturated heterocycles.